The van der Waals surface area contributed by atoms with Crippen LogP contribution >= 0.6 is 11.6 Å². The van der Waals surface area contributed by atoms with Gasteiger partial charge in [-0.1, -0.05) is 18.5 Å². The fraction of sp³-hybridized carbons (Fsp3) is 0.500. The van der Waals surface area contributed by atoms with Crippen LogP contribution in [0.5, 0.6) is 0 Å². The van der Waals surface area contributed by atoms with Crippen molar-refractivity contribution in [2.45, 2.75) is 44.8 Å². The van der Waals surface area contributed by atoms with Gasteiger partial charge in [-0.2, -0.15) is 13.2 Å². The molecule has 1 aromatic rings. The molecule has 0 radical (unpaired) electrons. The summed E-state index contributed by atoms with van der Waals surface area (Å²) in [5.74, 6) is -1.31. The molecule has 1 aromatic carbocycles. The van der Waals surface area contributed by atoms with Crippen molar-refractivity contribution in [3.05, 3.63) is 28.8 Å². The van der Waals surface area contributed by atoms with E-state index >= 15 is 0 Å². The Morgan fingerprint density at radius 3 is 2.33 bits per heavy atom. The van der Waals surface area contributed by atoms with Crippen molar-refractivity contribution in [1.29, 1.82) is 0 Å². The predicted molar refractivity (Wildman–Crippen MR) is 84.6 cm³/mol. The van der Waals surface area contributed by atoms with E-state index < -0.39 is 23.6 Å². The van der Waals surface area contributed by atoms with E-state index in [2.05, 4.69) is 17.6 Å². The Morgan fingerprint density at radius 1 is 1.12 bits per heavy atom. The molecule has 0 unspecified atom stereocenters. The van der Waals surface area contributed by atoms with Gasteiger partial charge in [0.1, 0.15) is 0 Å². The lowest BCUT2D eigenvalue weighted by Gasteiger charge is -2.26. The number of hydrogen-bond acceptors (Lipinski definition) is 2. The first-order valence-corrected chi connectivity index (χ1v) is 8.03. The van der Waals surface area contributed by atoms with Gasteiger partial charge in [-0.15, -0.1) is 0 Å². The maximum Gasteiger partial charge on any atom is 0.416 e. The number of carbonyl (C=O) groups is 2. The molecule has 8 heteroatoms. The summed E-state index contributed by atoms with van der Waals surface area (Å²) in [6, 6.07) is 2.45. The Morgan fingerprint density at radius 2 is 1.75 bits per heavy atom. The van der Waals surface area contributed by atoms with Gasteiger partial charge < -0.3 is 10.6 Å². The minimum atomic E-state index is -4.56. The second-order valence-corrected chi connectivity index (χ2v) is 6.48. The average molecular weight is 363 g/mol. The number of alkyl halides is 3. The smallest absolute Gasteiger partial charge is 0.345 e. The SMILES string of the molecule is CC1CCC(NC(=O)C(=O)Nc2cc(C(F)(F)F)ccc2Cl)CC1. The van der Waals surface area contributed by atoms with Crippen LogP contribution in [0.3, 0.4) is 0 Å². The van der Waals surface area contributed by atoms with E-state index in [0.717, 1.165) is 37.8 Å². The zero-order valence-electron chi connectivity index (χ0n) is 13.0. The summed E-state index contributed by atoms with van der Waals surface area (Å²) < 4.78 is 38.1. The minimum Gasteiger partial charge on any atom is -0.345 e. The molecule has 0 heterocycles. The van der Waals surface area contributed by atoms with Gasteiger partial charge in [0, 0.05) is 6.04 Å². The van der Waals surface area contributed by atoms with Crippen LogP contribution in [0.2, 0.25) is 5.02 Å². The molecular weight excluding hydrogens is 345 g/mol. The van der Waals surface area contributed by atoms with E-state index in [4.69, 9.17) is 11.6 Å². The standard InChI is InChI=1S/C16H18ClF3N2O2/c1-9-2-5-11(6-3-9)21-14(23)15(24)22-13-8-10(16(18,19)20)4-7-12(13)17/h4,7-9,11H,2-3,5-6H2,1H3,(H,21,23)(H,22,24). The Kier molecular flexibility index (Phi) is 5.74. The van der Waals surface area contributed by atoms with Gasteiger partial charge in [-0.3, -0.25) is 9.59 Å². The summed E-state index contributed by atoms with van der Waals surface area (Å²) in [5, 5.41) is 4.67. The highest BCUT2D eigenvalue weighted by molar-refractivity contribution is 6.41. The van der Waals surface area contributed by atoms with Crippen LogP contribution in [-0.4, -0.2) is 17.9 Å². The molecule has 1 aliphatic rings. The van der Waals surface area contributed by atoms with E-state index in [1.165, 1.54) is 0 Å². The van der Waals surface area contributed by atoms with Gasteiger partial charge in [-0.05, 0) is 49.8 Å². The second kappa shape index (κ2) is 7.42. The quantitative estimate of drug-likeness (QED) is 0.781. The Hall–Kier alpha value is -1.76. The highest BCUT2D eigenvalue weighted by Gasteiger charge is 2.31. The lowest BCUT2D eigenvalue weighted by atomic mass is 9.87. The highest BCUT2D eigenvalue weighted by Crippen LogP contribution is 2.33. The van der Waals surface area contributed by atoms with E-state index in [9.17, 15) is 22.8 Å². The molecule has 1 saturated carbocycles. The highest BCUT2D eigenvalue weighted by atomic mass is 35.5. The molecule has 2 rings (SSSR count). The van der Waals surface area contributed by atoms with Crippen molar-refractivity contribution in [2.24, 2.45) is 5.92 Å². The van der Waals surface area contributed by atoms with Gasteiger partial charge in [-0.25, -0.2) is 0 Å². The average Bonchev–Trinajstić information content (AvgIpc) is 2.50. The van der Waals surface area contributed by atoms with Crippen LogP contribution < -0.4 is 10.6 Å². The normalized spacial score (nSPS) is 21.2. The van der Waals surface area contributed by atoms with Gasteiger partial charge in [0.25, 0.3) is 0 Å². The summed E-state index contributed by atoms with van der Waals surface area (Å²) >= 11 is 5.79. The third-order valence-corrected chi connectivity index (χ3v) is 4.43. The number of benzene rings is 1. The van der Waals surface area contributed by atoms with E-state index in [1.54, 1.807) is 0 Å². The molecule has 0 aliphatic heterocycles. The summed E-state index contributed by atoms with van der Waals surface area (Å²) in [5.41, 5.74) is -1.20. The molecule has 132 valence electrons. The Balaban J connectivity index is 2.00. The summed E-state index contributed by atoms with van der Waals surface area (Å²) in [6.45, 7) is 2.13. The molecule has 4 nitrogen and oxygen atoms in total. The molecule has 0 bridgehead atoms. The Bertz CT molecular complexity index is 626. The van der Waals surface area contributed by atoms with Crippen LogP contribution in [0.4, 0.5) is 18.9 Å². The van der Waals surface area contributed by atoms with Gasteiger partial charge in [0.15, 0.2) is 0 Å². The van der Waals surface area contributed by atoms with Crippen molar-refractivity contribution in [3.63, 3.8) is 0 Å². The predicted octanol–water partition coefficient (Wildman–Crippen LogP) is 3.99. The topological polar surface area (TPSA) is 58.2 Å². The van der Waals surface area contributed by atoms with Crippen molar-refractivity contribution in [3.8, 4) is 0 Å². The largest absolute Gasteiger partial charge is 0.416 e. The first kappa shape index (κ1) is 18.6. The van der Waals surface area contributed by atoms with Crippen LogP contribution in [0.1, 0.15) is 38.2 Å². The number of anilines is 1. The first-order valence-electron chi connectivity index (χ1n) is 7.65. The van der Waals surface area contributed by atoms with Crippen LogP contribution in [0, 0.1) is 5.92 Å². The molecule has 0 saturated heterocycles. The molecule has 24 heavy (non-hydrogen) atoms. The fourth-order valence-electron chi connectivity index (χ4n) is 2.63. The van der Waals surface area contributed by atoms with Gasteiger partial charge in [0.05, 0.1) is 16.3 Å². The third kappa shape index (κ3) is 4.87. The number of hydrogen-bond donors (Lipinski definition) is 2. The van der Waals surface area contributed by atoms with Crippen LogP contribution in [-0.2, 0) is 15.8 Å². The van der Waals surface area contributed by atoms with Crippen molar-refractivity contribution in [2.75, 3.05) is 5.32 Å². The number of rotatable bonds is 2. The molecule has 2 N–H and O–H groups in total. The maximum absolute atomic E-state index is 12.7. The molecule has 0 atom stereocenters. The number of nitrogens with one attached hydrogen (secondary N) is 2. The summed E-state index contributed by atoms with van der Waals surface area (Å²) in [6.07, 6.45) is -1.07. The van der Waals surface area contributed by atoms with E-state index in [1.807, 2.05) is 0 Å². The summed E-state index contributed by atoms with van der Waals surface area (Å²) in [7, 11) is 0. The Labute approximate surface area is 142 Å². The molecule has 1 fully saturated rings. The zero-order valence-corrected chi connectivity index (χ0v) is 13.8. The zero-order chi connectivity index (χ0) is 17.9. The number of amides is 2. The molecular formula is C16H18ClF3N2O2. The van der Waals surface area contributed by atoms with E-state index in [-0.39, 0.29) is 16.8 Å². The van der Waals surface area contributed by atoms with Crippen molar-refractivity contribution in [1.82, 2.24) is 5.32 Å². The first-order chi connectivity index (χ1) is 11.2. The molecule has 0 aromatic heterocycles. The van der Waals surface area contributed by atoms with Crippen LogP contribution in [0.25, 0.3) is 0 Å². The lowest BCUT2D eigenvalue weighted by molar-refractivity contribution is -0.137. The molecule has 2 amide bonds. The number of carbonyl (C=O) groups excluding carboxylic acids is 2. The van der Waals surface area contributed by atoms with Crippen molar-refractivity contribution >= 4 is 29.1 Å². The van der Waals surface area contributed by atoms with Gasteiger partial charge in [0.2, 0.25) is 0 Å². The molecule has 1 aliphatic carbocycles. The molecule has 0 spiro atoms. The van der Waals surface area contributed by atoms with E-state index in [0.29, 0.717) is 12.0 Å². The number of halogens is 4. The third-order valence-electron chi connectivity index (χ3n) is 4.10. The van der Waals surface area contributed by atoms with Crippen molar-refractivity contribution < 1.29 is 22.8 Å². The fourth-order valence-corrected chi connectivity index (χ4v) is 2.80. The van der Waals surface area contributed by atoms with Crippen LogP contribution in [0.15, 0.2) is 18.2 Å². The van der Waals surface area contributed by atoms with Gasteiger partial charge >= 0.3 is 18.0 Å². The summed E-state index contributed by atoms with van der Waals surface area (Å²) in [4.78, 5) is 23.8. The maximum atomic E-state index is 12.7. The minimum absolute atomic E-state index is 0.0735. The monoisotopic (exact) mass is 362 g/mol. The lowest BCUT2D eigenvalue weighted by Crippen LogP contribution is -2.43. The second-order valence-electron chi connectivity index (χ2n) is 6.08.